The van der Waals surface area contributed by atoms with Crippen LogP contribution in [0.3, 0.4) is 0 Å². The Labute approximate surface area is 120 Å². The first-order valence-corrected chi connectivity index (χ1v) is 7.23. The van der Waals surface area contributed by atoms with Crippen LogP contribution in [0.4, 0.5) is 0 Å². The average Bonchev–Trinajstić information content (AvgIpc) is 2.62. The van der Waals surface area contributed by atoms with Crippen LogP contribution >= 0.6 is 0 Å². The maximum Gasteiger partial charge on any atom is 0.129 e. The molecule has 0 heterocycles. The molecule has 1 aliphatic carbocycles. The van der Waals surface area contributed by atoms with Crippen LogP contribution in [-0.2, 0) is 6.42 Å². The molecule has 2 heteroatoms. The third-order valence-corrected chi connectivity index (χ3v) is 3.97. The third kappa shape index (κ3) is 2.70. The van der Waals surface area contributed by atoms with E-state index in [0.29, 0.717) is 0 Å². The first-order valence-electron chi connectivity index (χ1n) is 7.23. The highest BCUT2D eigenvalue weighted by atomic mass is 16.5. The van der Waals surface area contributed by atoms with Crippen LogP contribution in [0.25, 0.3) is 0 Å². The van der Waals surface area contributed by atoms with Crippen LogP contribution in [0.1, 0.15) is 35.6 Å². The maximum atomic E-state index is 10.6. The van der Waals surface area contributed by atoms with Crippen molar-refractivity contribution < 1.29 is 9.84 Å². The molecule has 2 aromatic carbocycles. The predicted octanol–water partition coefficient (Wildman–Crippen LogP) is 3.81. The molecule has 0 radical (unpaired) electrons. The molecule has 3 rings (SSSR count). The van der Waals surface area contributed by atoms with Crippen molar-refractivity contribution in [1.29, 1.82) is 0 Å². The van der Waals surface area contributed by atoms with E-state index in [-0.39, 0.29) is 6.10 Å². The molecule has 0 saturated carbocycles. The zero-order chi connectivity index (χ0) is 13.9. The second kappa shape index (κ2) is 5.68. The molecule has 0 fully saturated rings. The van der Waals surface area contributed by atoms with Crippen LogP contribution in [-0.4, -0.2) is 11.2 Å². The van der Waals surface area contributed by atoms with Gasteiger partial charge < -0.3 is 9.84 Å². The molecule has 1 aliphatic rings. The molecule has 2 atom stereocenters. The highest BCUT2D eigenvalue weighted by Crippen LogP contribution is 2.31. The molecule has 20 heavy (non-hydrogen) atoms. The molecular formula is C18H20O2. The smallest absolute Gasteiger partial charge is 0.129 e. The Morgan fingerprint density at radius 3 is 2.60 bits per heavy atom. The Morgan fingerprint density at radius 1 is 1.05 bits per heavy atom. The van der Waals surface area contributed by atoms with E-state index < -0.39 is 6.10 Å². The summed E-state index contributed by atoms with van der Waals surface area (Å²) in [4.78, 5) is 0. The number of benzene rings is 2. The highest BCUT2D eigenvalue weighted by molar-refractivity contribution is 5.32. The van der Waals surface area contributed by atoms with Gasteiger partial charge in [-0.3, -0.25) is 0 Å². The van der Waals surface area contributed by atoms with E-state index in [1.807, 2.05) is 42.5 Å². The highest BCUT2D eigenvalue weighted by Gasteiger charge is 2.27. The summed E-state index contributed by atoms with van der Waals surface area (Å²) < 4.78 is 6.01. The molecule has 0 aliphatic heterocycles. The fourth-order valence-electron chi connectivity index (χ4n) is 2.82. The minimum Gasteiger partial charge on any atom is -0.487 e. The van der Waals surface area contributed by atoms with Crippen LogP contribution < -0.4 is 4.74 Å². The Balaban J connectivity index is 1.82. The van der Waals surface area contributed by atoms with E-state index in [2.05, 4.69) is 13.0 Å². The lowest BCUT2D eigenvalue weighted by molar-refractivity contribution is 0.0321. The molecule has 2 unspecified atom stereocenters. The molecule has 0 aromatic heterocycles. The standard InChI is InChI=1S/C18H20O2/c1-13-9-11-15(12-10-13)20-17-8-4-6-14-5-2-3-7-16(14)18(17)19/h2-3,5,7,9-12,17-19H,4,6,8H2,1H3. The zero-order valence-corrected chi connectivity index (χ0v) is 11.8. The van der Waals surface area contributed by atoms with E-state index in [1.54, 1.807) is 0 Å². The van der Waals surface area contributed by atoms with Gasteiger partial charge in [0.05, 0.1) is 0 Å². The fraction of sp³-hybridized carbons (Fsp3) is 0.333. The Hall–Kier alpha value is -1.80. The van der Waals surface area contributed by atoms with Gasteiger partial charge in [0.15, 0.2) is 0 Å². The topological polar surface area (TPSA) is 29.5 Å². The van der Waals surface area contributed by atoms with Gasteiger partial charge in [-0.15, -0.1) is 0 Å². The van der Waals surface area contributed by atoms with Gasteiger partial charge in [0.2, 0.25) is 0 Å². The zero-order valence-electron chi connectivity index (χ0n) is 11.8. The molecule has 2 aromatic rings. The second-order valence-electron chi connectivity index (χ2n) is 5.51. The van der Waals surface area contributed by atoms with Gasteiger partial charge in [-0.25, -0.2) is 0 Å². The van der Waals surface area contributed by atoms with Crippen LogP contribution in [0.2, 0.25) is 0 Å². The summed E-state index contributed by atoms with van der Waals surface area (Å²) >= 11 is 0. The number of aryl methyl sites for hydroxylation is 2. The minimum absolute atomic E-state index is 0.165. The van der Waals surface area contributed by atoms with Crippen molar-refractivity contribution in [2.24, 2.45) is 0 Å². The lowest BCUT2D eigenvalue weighted by atomic mass is 10.0. The van der Waals surface area contributed by atoms with Gasteiger partial charge in [0, 0.05) is 0 Å². The van der Waals surface area contributed by atoms with Crippen molar-refractivity contribution in [3.8, 4) is 5.75 Å². The Morgan fingerprint density at radius 2 is 1.80 bits per heavy atom. The summed E-state index contributed by atoms with van der Waals surface area (Å²) in [5, 5.41) is 10.6. The third-order valence-electron chi connectivity index (χ3n) is 3.97. The van der Waals surface area contributed by atoms with E-state index >= 15 is 0 Å². The van der Waals surface area contributed by atoms with Crippen molar-refractivity contribution in [1.82, 2.24) is 0 Å². The van der Waals surface area contributed by atoms with E-state index in [0.717, 1.165) is 30.6 Å². The number of rotatable bonds is 2. The number of ether oxygens (including phenoxy) is 1. The molecule has 0 spiro atoms. The number of hydrogen-bond acceptors (Lipinski definition) is 2. The first kappa shape index (κ1) is 13.2. The quantitative estimate of drug-likeness (QED) is 0.839. The molecule has 104 valence electrons. The molecule has 0 saturated heterocycles. The first-order chi connectivity index (χ1) is 9.74. The Bertz CT molecular complexity index is 574. The largest absolute Gasteiger partial charge is 0.487 e. The maximum absolute atomic E-state index is 10.6. The van der Waals surface area contributed by atoms with Crippen molar-refractivity contribution in [3.05, 3.63) is 65.2 Å². The lowest BCUT2D eigenvalue weighted by Gasteiger charge is -2.23. The summed E-state index contributed by atoms with van der Waals surface area (Å²) in [7, 11) is 0. The molecule has 1 N–H and O–H groups in total. The van der Waals surface area contributed by atoms with Crippen molar-refractivity contribution >= 4 is 0 Å². The number of aliphatic hydroxyl groups is 1. The SMILES string of the molecule is Cc1ccc(OC2CCCc3ccccc3C2O)cc1. The fourth-order valence-corrected chi connectivity index (χ4v) is 2.82. The Kier molecular flexibility index (Phi) is 3.75. The summed E-state index contributed by atoms with van der Waals surface area (Å²) in [6.07, 6.45) is 2.23. The molecular weight excluding hydrogens is 248 g/mol. The predicted molar refractivity (Wildman–Crippen MR) is 79.9 cm³/mol. The van der Waals surface area contributed by atoms with Gasteiger partial charge in [-0.2, -0.15) is 0 Å². The van der Waals surface area contributed by atoms with E-state index in [1.165, 1.54) is 11.1 Å². The van der Waals surface area contributed by atoms with Crippen molar-refractivity contribution in [3.63, 3.8) is 0 Å². The van der Waals surface area contributed by atoms with Crippen LogP contribution in [0, 0.1) is 6.92 Å². The molecule has 2 nitrogen and oxygen atoms in total. The van der Waals surface area contributed by atoms with E-state index in [9.17, 15) is 5.11 Å². The van der Waals surface area contributed by atoms with Gasteiger partial charge in [0.25, 0.3) is 0 Å². The van der Waals surface area contributed by atoms with Gasteiger partial charge in [-0.1, -0.05) is 42.0 Å². The van der Waals surface area contributed by atoms with Gasteiger partial charge in [-0.05, 0) is 49.4 Å². The minimum atomic E-state index is -0.546. The van der Waals surface area contributed by atoms with Crippen LogP contribution in [0.15, 0.2) is 48.5 Å². The van der Waals surface area contributed by atoms with Crippen molar-refractivity contribution in [2.45, 2.75) is 38.4 Å². The summed E-state index contributed by atoms with van der Waals surface area (Å²) in [6.45, 7) is 2.06. The summed E-state index contributed by atoms with van der Waals surface area (Å²) in [5.41, 5.74) is 3.47. The summed E-state index contributed by atoms with van der Waals surface area (Å²) in [6, 6.07) is 16.1. The van der Waals surface area contributed by atoms with Crippen molar-refractivity contribution in [2.75, 3.05) is 0 Å². The summed E-state index contributed by atoms with van der Waals surface area (Å²) in [5.74, 6) is 0.832. The monoisotopic (exact) mass is 268 g/mol. The van der Waals surface area contributed by atoms with E-state index in [4.69, 9.17) is 4.74 Å². The number of hydrogen-bond donors (Lipinski definition) is 1. The van der Waals surface area contributed by atoms with Gasteiger partial charge >= 0.3 is 0 Å². The normalized spacial score (nSPS) is 21.9. The van der Waals surface area contributed by atoms with Crippen LogP contribution in [0.5, 0.6) is 5.75 Å². The molecule has 0 amide bonds. The number of aliphatic hydroxyl groups excluding tert-OH is 1. The second-order valence-corrected chi connectivity index (χ2v) is 5.51. The average molecular weight is 268 g/mol. The van der Waals surface area contributed by atoms with Gasteiger partial charge in [0.1, 0.15) is 18.0 Å². The number of fused-ring (bicyclic) bond motifs is 1. The lowest BCUT2D eigenvalue weighted by Crippen LogP contribution is -2.24. The molecule has 0 bridgehead atoms.